The molecule has 0 bridgehead atoms. The molecule has 1 fully saturated rings. The molecule has 0 amide bonds. The maximum absolute atomic E-state index is 12.4. The molecule has 1 aliphatic rings. The molecule has 0 radical (unpaired) electrons. The Kier molecular flexibility index (Phi) is 5.71. The lowest BCUT2D eigenvalue weighted by Gasteiger charge is -2.40. The van der Waals surface area contributed by atoms with Gasteiger partial charge in [-0.05, 0) is 57.1 Å². The molecule has 1 aliphatic carbocycles. The second kappa shape index (κ2) is 7.24. The van der Waals surface area contributed by atoms with Crippen LogP contribution in [0, 0.1) is 11.8 Å². The number of methoxy groups -OCH3 is 1. The van der Waals surface area contributed by atoms with Crippen molar-refractivity contribution in [2.45, 2.75) is 64.8 Å². The van der Waals surface area contributed by atoms with Gasteiger partial charge in [-0.3, -0.25) is 4.79 Å². The molecule has 1 aromatic rings. The molecule has 0 aromatic heterocycles. The molecule has 0 aliphatic heterocycles. The van der Waals surface area contributed by atoms with E-state index in [1.807, 2.05) is 52.0 Å². The minimum Gasteiger partial charge on any atom is -0.460 e. The first kappa shape index (κ1) is 18.9. The van der Waals surface area contributed by atoms with Crippen molar-refractivity contribution in [2.75, 3.05) is 7.11 Å². The van der Waals surface area contributed by atoms with E-state index in [9.17, 15) is 9.90 Å². The molecule has 24 heavy (non-hydrogen) atoms. The van der Waals surface area contributed by atoms with E-state index in [2.05, 4.69) is 0 Å². The lowest BCUT2D eigenvalue weighted by Crippen LogP contribution is -2.41. The average molecular weight is 334 g/mol. The maximum atomic E-state index is 12.4. The van der Waals surface area contributed by atoms with E-state index in [0.717, 1.165) is 11.1 Å². The summed E-state index contributed by atoms with van der Waals surface area (Å²) in [5, 5.41) is 11.1. The Labute approximate surface area is 145 Å². The molecule has 4 heteroatoms. The quantitative estimate of drug-likeness (QED) is 0.851. The number of benzene rings is 1. The van der Waals surface area contributed by atoms with Crippen LogP contribution in [0.2, 0.25) is 0 Å². The molecule has 1 aromatic carbocycles. The summed E-state index contributed by atoms with van der Waals surface area (Å²) < 4.78 is 10.7. The van der Waals surface area contributed by atoms with Crippen molar-refractivity contribution in [2.24, 2.45) is 11.8 Å². The standard InChI is InChI=1S/C20H30O4/c1-14-12-20(22,16-8-6-15(7-9-16)13-23-5)11-10-17(14)18(21)24-19(2,3)4/h6-9,14,17,22H,10-13H2,1-5H3. The molecule has 1 N–H and O–H groups in total. The molecule has 0 heterocycles. The van der Waals surface area contributed by atoms with Gasteiger partial charge in [-0.2, -0.15) is 0 Å². The fraction of sp³-hybridized carbons (Fsp3) is 0.650. The van der Waals surface area contributed by atoms with Crippen LogP contribution in [0.4, 0.5) is 0 Å². The topological polar surface area (TPSA) is 55.8 Å². The Hall–Kier alpha value is -1.39. The summed E-state index contributed by atoms with van der Waals surface area (Å²) in [6, 6.07) is 7.91. The molecule has 134 valence electrons. The fourth-order valence-electron chi connectivity index (χ4n) is 3.52. The van der Waals surface area contributed by atoms with E-state index < -0.39 is 11.2 Å². The van der Waals surface area contributed by atoms with E-state index in [1.54, 1.807) is 7.11 Å². The highest BCUT2D eigenvalue weighted by molar-refractivity contribution is 5.73. The minimum atomic E-state index is -0.871. The summed E-state index contributed by atoms with van der Waals surface area (Å²) in [7, 11) is 1.67. The Bertz CT molecular complexity index is 558. The van der Waals surface area contributed by atoms with Crippen molar-refractivity contribution in [3.63, 3.8) is 0 Å². The van der Waals surface area contributed by atoms with Gasteiger partial charge in [0, 0.05) is 7.11 Å². The van der Waals surface area contributed by atoms with Gasteiger partial charge in [0.25, 0.3) is 0 Å². The lowest BCUT2D eigenvalue weighted by molar-refractivity contribution is -0.166. The molecule has 0 saturated heterocycles. The zero-order chi connectivity index (χ0) is 18.0. The first-order valence-electron chi connectivity index (χ1n) is 8.68. The molecule has 2 rings (SSSR count). The number of rotatable bonds is 4. The number of carbonyl (C=O) groups is 1. The van der Waals surface area contributed by atoms with Gasteiger partial charge in [0.1, 0.15) is 5.60 Å². The summed E-state index contributed by atoms with van der Waals surface area (Å²) in [6.07, 6.45) is 1.79. The van der Waals surface area contributed by atoms with Gasteiger partial charge in [-0.15, -0.1) is 0 Å². The van der Waals surface area contributed by atoms with Crippen molar-refractivity contribution >= 4 is 5.97 Å². The molecular weight excluding hydrogens is 304 g/mol. The van der Waals surface area contributed by atoms with Crippen LogP contribution in [0.25, 0.3) is 0 Å². The predicted octanol–water partition coefficient (Wildman–Crippen LogP) is 3.80. The highest BCUT2D eigenvalue weighted by Crippen LogP contribution is 2.43. The highest BCUT2D eigenvalue weighted by Gasteiger charge is 2.42. The van der Waals surface area contributed by atoms with Crippen LogP contribution in [0.1, 0.15) is 58.1 Å². The number of carbonyl (C=O) groups excluding carboxylic acids is 1. The number of hydrogen-bond acceptors (Lipinski definition) is 4. The van der Waals surface area contributed by atoms with Gasteiger partial charge in [-0.1, -0.05) is 31.2 Å². The van der Waals surface area contributed by atoms with Crippen LogP contribution in [0.15, 0.2) is 24.3 Å². The van der Waals surface area contributed by atoms with Gasteiger partial charge < -0.3 is 14.6 Å². The Balaban J connectivity index is 2.06. The molecular formula is C20H30O4. The Morgan fingerprint density at radius 2 is 1.92 bits per heavy atom. The summed E-state index contributed by atoms with van der Waals surface area (Å²) in [5.74, 6) is -0.206. The average Bonchev–Trinajstić information content (AvgIpc) is 2.46. The molecule has 3 unspecified atom stereocenters. The zero-order valence-electron chi connectivity index (χ0n) is 15.5. The van der Waals surface area contributed by atoms with Crippen molar-refractivity contribution < 1.29 is 19.4 Å². The zero-order valence-corrected chi connectivity index (χ0v) is 15.5. The van der Waals surface area contributed by atoms with Gasteiger partial charge >= 0.3 is 5.97 Å². The Morgan fingerprint density at radius 3 is 2.42 bits per heavy atom. The number of aliphatic hydroxyl groups is 1. The Morgan fingerprint density at radius 1 is 1.29 bits per heavy atom. The normalized spacial score (nSPS) is 27.8. The van der Waals surface area contributed by atoms with Gasteiger partial charge in [0.15, 0.2) is 0 Å². The van der Waals surface area contributed by atoms with Crippen LogP contribution >= 0.6 is 0 Å². The summed E-state index contributed by atoms with van der Waals surface area (Å²) in [5.41, 5.74) is 0.655. The van der Waals surface area contributed by atoms with Crippen LogP contribution in [0.5, 0.6) is 0 Å². The van der Waals surface area contributed by atoms with E-state index in [1.165, 1.54) is 0 Å². The second-order valence-electron chi connectivity index (χ2n) is 8.02. The maximum Gasteiger partial charge on any atom is 0.309 e. The van der Waals surface area contributed by atoms with E-state index >= 15 is 0 Å². The van der Waals surface area contributed by atoms with Crippen LogP contribution < -0.4 is 0 Å². The summed E-state index contributed by atoms with van der Waals surface area (Å²) >= 11 is 0. The van der Waals surface area contributed by atoms with Gasteiger partial charge in [-0.25, -0.2) is 0 Å². The fourth-order valence-corrected chi connectivity index (χ4v) is 3.52. The second-order valence-corrected chi connectivity index (χ2v) is 8.02. The van der Waals surface area contributed by atoms with Gasteiger partial charge in [0.2, 0.25) is 0 Å². The minimum absolute atomic E-state index is 0.0808. The van der Waals surface area contributed by atoms with Crippen LogP contribution in [0.3, 0.4) is 0 Å². The van der Waals surface area contributed by atoms with E-state index in [-0.39, 0.29) is 17.8 Å². The summed E-state index contributed by atoms with van der Waals surface area (Å²) in [4.78, 5) is 12.4. The molecule has 3 atom stereocenters. The first-order chi connectivity index (χ1) is 11.1. The smallest absolute Gasteiger partial charge is 0.309 e. The van der Waals surface area contributed by atoms with Crippen molar-refractivity contribution in [1.29, 1.82) is 0 Å². The number of hydrogen-bond donors (Lipinski definition) is 1. The highest BCUT2D eigenvalue weighted by atomic mass is 16.6. The van der Waals surface area contributed by atoms with E-state index in [0.29, 0.717) is 25.9 Å². The molecule has 0 spiro atoms. The monoisotopic (exact) mass is 334 g/mol. The van der Waals surface area contributed by atoms with Crippen molar-refractivity contribution in [3.8, 4) is 0 Å². The van der Waals surface area contributed by atoms with Crippen LogP contribution in [-0.2, 0) is 26.5 Å². The third-order valence-electron chi connectivity index (χ3n) is 4.73. The van der Waals surface area contributed by atoms with Crippen LogP contribution in [-0.4, -0.2) is 23.8 Å². The number of esters is 1. The lowest BCUT2D eigenvalue weighted by atomic mass is 9.69. The van der Waals surface area contributed by atoms with Crippen molar-refractivity contribution in [1.82, 2.24) is 0 Å². The van der Waals surface area contributed by atoms with E-state index in [4.69, 9.17) is 9.47 Å². The largest absolute Gasteiger partial charge is 0.460 e. The number of ether oxygens (including phenoxy) is 2. The predicted molar refractivity (Wildman–Crippen MR) is 93.4 cm³/mol. The SMILES string of the molecule is COCc1ccc(C2(O)CCC(C(=O)OC(C)(C)C)C(C)C2)cc1. The first-order valence-corrected chi connectivity index (χ1v) is 8.68. The van der Waals surface area contributed by atoms with Gasteiger partial charge in [0.05, 0.1) is 18.1 Å². The summed E-state index contributed by atoms with van der Waals surface area (Å²) in [6.45, 7) is 8.25. The molecule has 4 nitrogen and oxygen atoms in total. The van der Waals surface area contributed by atoms with Crippen molar-refractivity contribution in [3.05, 3.63) is 35.4 Å². The third-order valence-corrected chi connectivity index (χ3v) is 4.73. The molecule has 1 saturated carbocycles. The third kappa shape index (κ3) is 4.58.